The fraction of sp³-hybridized carbons (Fsp3) is 0.820. The second-order valence-corrected chi connectivity index (χ2v) is 17.6. The van der Waals surface area contributed by atoms with Gasteiger partial charge in [-0.1, -0.05) is 159 Å². The molecular weight excluding hydrogens is 823 g/mol. The SMILES string of the molecule is CCC/C=C/C(O)C(COC1OC(CO)C(OC2OC(CO)C(O)C(O)C2O)C(O)C1O)NC(=O)CCCCCCCCCCCCCC/C=C\C/C=C\C/C=C\CCCCCCC. The number of ether oxygens (including phenoxy) is 4. The lowest BCUT2D eigenvalue weighted by molar-refractivity contribution is -0.359. The zero-order chi connectivity index (χ0) is 46.8. The number of rotatable bonds is 37. The monoisotopic (exact) mass is 912 g/mol. The molecule has 0 spiro atoms. The number of nitrogens with one attached hydrogen (secondary N) is 1. The van der Waals surface area contributed by atoms with E-state index in [0.717, 1.165) is 44.9 Å². The molecule has 0 aromatic carbocycles. The number of hydrogen-bond donors (Lipinski definition) is 9. The smallest absolute Gasteiger partial charge is 0.220 e. The van der Waals surface area contributed by atoms with E-state index in [1.54, 1.807) is 12.2 Å². The van der Waals surface area contributed by atoms with Gasteiger partial charge in [0.1, 0.15) is 48.8 Å². The Kier molecular flexibility index (Phi) is 33.6. The predicted octanol–water partition coefficient (Wildman–Crippen LogP) is 6.10. The molecule has 0 radical (unpaired) electrons. The first-order valence-electron chi connectivity index (χ1n) is 24.9. The molecule has 2 heterocycles. The van der Waals surface area contributed by atoms with Crippen LogP contribution >= 0.6 is 0 Å². The Morgan fingerprint density at radius 2 is 1.06 bits per heavy atom. The summed E-state index contributed by atoms with van der Waals surface area (Å²) in [6, 6.07) is -0.911. The molecule has 9 N–H and O–H groups in total. The maximum atomic E-state index is 13.0. The average Bonchev–Trinajstić information content (AvgIpc) is 3.29. The molecule has 0 aromatic heterocycles. The topological polar surface area (TPSA) is 228 Å². The first kappa shape index (κ1) is 58.1. The van der Waals surface area contributed by atoms with Crippen molar-refractivity contribution < 1.29 is 64.6 Å². The Hall–Kier alpha value is -2.05. The number of carbonyl (C=O) groups is 1. The van der Waals surface area contributed by atoms with Gasteiger partial charge in [0.25, 0.3) is 0 Å². The second-order valence-electron chi connectivity index (χ2n) is 17.6. The minimum Gasteiger partial charge on any atom is -0.394 e. The summed E-state index contributed by atoms with van der Waals surface area (Å²) in [6.07, 6.45) is 27.1. The van der Waals surface area contributed by atoms with Crippen molar-refractivity contribution in [1.82, 2.24) is 5.32 Å². The van der Waals surface area contributed by atoms with E-state index in [-0.39, 0.29) is 18.9 Å². The molecule has 2 aliphatic heterocycles. The lowest BCUT2D eigenvalue weighted by Crippen LogP contribution is -2.65. The molecule has 1 amide bonds. The van der Waals surface area contributed by atoms with E-state index in [0.29, 0.717) is 6.42 Å². The summed E-state index contributed by atoms with van der Waals surface area (Å²) < 4.78 is 22.4. The molecule has 372 valence electrons. The van der Waals surface area contributed by atoms with Crippen molar-refractivity contribution >= 4 is 5.91 Å². The Bertz CT molecular complexity index is 1260. The Morgan fingerprint density at radius 3 is 1.61 bits per heavy atom. The van der Waals surface area contributed by atoms with Crippen LogP contribution in [0.1, 0.15) is 168 Å². The highest BCUT2D eigenvalue weighted by molar-refractivity contribution is 5.76. The predicted molar refractivity (Wildman–Crippen MR) is 249 cm³/mol. The van der Waals surface area contributed by atoms with Crippen LogP contribution in [-0.4, -0.2) is 140 Å². The molecule has 0 saturated carbocycles. The quantitative estimate of drug-likeness (QED) is 0.0254. The van der Waals surface area contributed by atoms with E-state index in [1.807, 2.05) is 6.92 Å². The van der Waals surface area contributed by atoms with E-state index in [4.69, 9.17) is 18.9 Å². The van der Waals surface area contributed by atoms with Crippen LogP contribution in [0.2, 0.25) is 0 Å². The zero-order valence-corrected chi connectivity index (χ0v) is 39.3. The molecule has 12 atom stereocenters. The van der Waals surface area contributed by atoms with Gasteiger partial charge in [-0.25, -0.2) is 0 Å². The highest BCUT2D eigenvalue weighted by Gasteiger charge is 2.51. The van der Waals surface area contributed by atoms with Gasteiger partial charge in [0.2, 0.25) is 5.91 Å². The molecule has 14 nitrogen and oxygen atoms in total. The Morgan fingerprint density at radius 1 is 0.562 bits per heavy atom. The standard InChI is InChI=1S/C50H89NO13/c1-3-5-7-8-9-10-11-12-13-14-15-16-17-18-19-20-21-22-23-24-25-26-27-28-29-30-32-34-42(55)51-38(39(54)33-31-6-4-2)37-61-49-47(60)45(58)48(41(36-53)63-49)64-50-46(59)44(57)43(56)40(35-52)62-50/h11-12,14-15,17-18,31,33,38-41,43-50,52-54,56-60H,3-10,13,16,19-30,32,34-37H2,1-2H3,(H,51,55)/b12-11-,15-14-,18-17-,33-31+. The first-order valence-corrected chi connectivity index (χ1v) is 24.9. The molecular formula is C50H89NO13. The van der Waals surface area contributed by atoms with Gasteiger partial charge in [-0.15, -0.1) is 0 Å². The summed E-state index contributed by atoms with van der Waals surface area (Å²) in [4.78, 5) is 13.0. The molecule has 2 saturated heterocycles. The number of amides is 1. The first-order chi connectivity index (χ1) is 31.1. The maximum Gasteiger partial charge on any atom is 0.220 e. The molecule has 0 aromatic rings. The van der Waals surface area contributed by atoms with Gasteiger partial charge in [-0.2, -0.15) is 0 Å². The van der Waals surface area contributed by atoms with Crippen LogP contribution in [0, 0.1) is 0 Å². The minimum absolute atomic E-state index is 0.256. The van der Waals surface area contributed by atoms with Crippen LogP contribution in [-0.2, 0) is 23.7 Å². The van der Waals surface area contributed by atoms with Gasteiger partial charge < -0.3 is 65.1 Å². The van der Waals surface area contributed by atoms with Crippen molar-refractivity contribution in [1.29, 1.82) is 0 Å². The van der Waals surface area contributed by atoms with Crippen molar-refractivity contribution in [2.75, 3.05) is 19.8 Å². The van der Waals surface area contributed by atoms with E-state index >= 15 is 0 Å². The molecule has 64 heavy (non-hydrogen) atoms. The summed E-state index contributed by atoms with van der Waals surface area (Å²) in [5.74, 6) is -0.256. The van der Waals surface area contributed by atoms with Gasteiger partial charge in [-0.05, 0) is 51.4 Å². The second kappa shape index (κ2) is 37.0. The van der Waals surface area contributed by atoms with Crippen LogP contribution < -0.4 is 5.32 Å². The normalized spacial score (nSPS) is 27.7. The third-order valence-electron chi connectivity index (χ3n) is 12.0. The number of hydrogen-bond acceptors (Lipinski definition) is 13. The third kappa shape index (κ3) is 24.1. The highest BCUT2D eigenvalue weighted by Crippen LogP contribution is 2.30. The molecule has 14 heteroatoms. The largest absolute Gasteiger partial charge is 0.394 e. The van der Waals surface area contributed by atoms with Gasteiger partial charge in [-0.3, -0.25) is 4.79 Å². The number of carbonyl (C=O) groups excluding carboxylic acids is 1. The van der Waals surface area contributed by atoms with Crippen molar-refractivity contribution in [3.8, 4) is 0 Å². The number of aliphatic hydroxyl groups excluding tert-OH is 8. The van der Waals surface area contributed by atoms with E-state index in [9.17, 15) is 45.6 Å². The van der Waals surface area contributed by atoms with Crippen LogP contribution in [0.5, 0.6) is 0 Å². The number of aliphatic hydroxyl groups is 8. The van der Waals surface area contributed by atoms with E-state index < -0.39 is 86.8 Å². The maximum absolute atomic E-state index is 13.0. The van der Waals surface area contributed by atoms with Gasteiger partial charge in [0, 0.05) is 6.42 Å². The van der Waals surface area contributed by atoms with Gasteiger partial charge in [0.05, 0.1) is 32.0 Å². The van der Waals surface area contributed by atoms with Crippen molar-refractivity contribution in [3.05, 3.63) is 48.6 Å². The van der Waals surface area contributed by atoms with Gasteiger partial charge >= 0.3 is 0 Å². The summed E-state index contributed by atoms with van der Waals surface area (Å²) >= 11 is 0. The average molecular weight is 912 g/mol. The van der Waals surface area contributed by atoms with Crippen LogP contribution in [0.4, 0.5) is 0 Å². The highest BCUT2D eigenvalue weighted by atomic mass is 16.7. The van der Waals surface area contributed by atoms with Gasteiger partial charge in [0.15, 0.2) is 12.6 Å². The van der Waals surface area contributed by atoms with Crippen LogP contribution in [0.25, 0.3) is 0 Å². The third-order valence-corrected chi connectivity index (χ3v) is 12.0. The Labute approximate surface area is 384 Å². The number of allylic oxidation sites excluding steroid dienone is 7. The summed E-state index contributed by atoms with van der Waals surface area (Å²) in [5, 5.41) is 85.8. The van der Waals surface area contributed by atoms with Crippen LogP contribution in [0.3, 0.4) is 0 Å². The fourth-order valence-electron chi connectivity index (χ4n) is 7.89. The lowest BCUT2D eigenvalue weighted by Gasteiger charge is -2.46. The fourth-order valence-corrected chi connectivity index (χ4v) is 7.89. The zero-order valence-electron chi connectivity index (χ0n) is 39.3. The lowest BCUT2D eigenvalue weighted by atomic mass is 9.97. The van der Waals surface area contributed by atoms with Crippen LogP contribution in [0.15, 0.2) is 48.6 Å². The van der Waals surface area contributed by atoms with Crippen molar-refractivity contribution in [2.24, 2.45) is 0 Å². The Balaban J connectivity index is 1.60. The molecule has 0 aliphatic carbocycles. The van der Waals surface area contributed by atoms with Crippen molar-refractivity contribution in [3.63, 3.8) is 0 Å². The summed E-state index contributed by atoms with van der Waals surface area (Å²) in [6.45, 7) is 2.53. The number of unbranched alkanes of at least 4 members (excludes halogenated alkanes) is 18. The van der Waals surface area contributed by atoms with E-state index in [2.05, 4.69) is 48.7 Å². The molecule has 12 unspecified atom stereocenters. The summed E-state index contributed by atoms with van der Waals surface area (Å²) in [7, 11) is 0. The van der Waals surface area contributed by atoms with Crippen molar-refractivity contribution in [2.45, 2.75) is 242 Å². The van der Waals surface area contributed by atoms with E-state index in [1.165, 1.54) is 96.3 Å². The summed E-state index contributed by atoms with van der Waals surface area (Å²) in [5.41, 5.74) is 0. The molecule has 0 bridgehead atoms. The minimum atomic E-state index is -1.79. The molecule has 2 fully saturated rings. The molecule has 2 rings (SSSR count). The molecule has 2 aliphatic rings.